The summed E-state index contributed by atoms with van der Waals surface area (Å²) >= 11 is 0. The Balaban J connectivity index is 2.63. The van der Waals surface area contributed by atoms with Crippen LogP contribution in [0.15, 0.2) is 35.5 Å². The zero-order valence-electron chi connectivity index (χ0n) is 14.5. The zero-order valence-corrected chi connectivity index (χ0v) is 14.5. The molecule has 0 aromatic carbocycles. The van der Waals surface area contributed by atoms with Crippen LogP contribution in [0.5, 0.6) is 0 Å². The maximum atomic E-state index is 11.8. The van der Waals surface area contributed by atoms with Crippen LogP contribution in [0.3, 0.4) is 0 Å². The molecule has 0 saturated heterocycles. The van der Waals surface area contributed by atoms with Gasteiger partial charge in [0.2, 0.25) is 0 Å². The number of esters is 1. The summed E-state index contributed by atoms with van der Waals surface area (Å²) in [5, 5.41) is 18.5. The molecule has 0 spiro atoms. The molecule has 4 heteroatoms. The number of aliphatic hydroxyl groups excluding tert-OH is 2. The molecule has 0 aliphatic heterocycles. The van der Waals surface area contributed by atoms with Gasteiger partial charge in [-0.05, 0) is 44.1 Å². The topological polar surface area (TPSA) is 66.8 Å². The van der Waals surface area contributed by atoms with Crippen molar-refractivity contribution in [3.63, 3.8) is 0 Å². The first-order chi connectivity index (χ1) is 10.9. The van der Waals surface area contributed by atoms with E-state index < -0.39 is 0 Å². The minimum absolute atomic E-state index is 0.0757. The third kappa shape index (κ3) is 6.32. The first-order valence-corrected chi connectivity index (χ1v) is 8.33. The molecule has 0 amide bonds. The summed E-state index contributed by atoms with van der Waals surface area (Å²) in [4.78, 5) is 11.8. The van der Waals surface area contributed by atoms with Gasteiger partial charge in [0.1, 0.15) is 6.10 Å². The number of carbonyl (C=O) groups is 1. The molecular formula is C19H30O4. The van der Waals surface area contributed by atoms with E-state index in [1.54, 1.807) is 13.8 Å². The molecule has 2 N–H and O–H groups in total. The van der Waals surface area contributed by atoms with E-state index in [2.05, 4.69) is 6.58 Å². The van der Waals surface area contributed by atoms with Crippen LogP contribution in [0.4, 0.5) is 0 Å². The number of rotatable bonds is 8. The summed E-state index contributed by atoms with van der Waals surface area (Å²) in [5.41, 5.74) is 2.89. The van der Waals surface area contributed by atoms with E-state index in [1.165, 1.54) is 0 Å². The standard InChI is InChI=1S/C19H30O4/c1-13(2)19(22)23-18-10-16(8-9-17(18)12-21)15(4)7-5-6-14(3)11-20/h6,9,13,16,18,20-21H,4-5,7-8,10-12H2,1-3H3/b14-6+. The van der Waals surface area contributed by atoms with Gasteiger partial charge in [0.25, 0.3) is 0 Å². The van der Waals surface area contributed by atoms with Crippen molar-refractivity contribution in [3.05, 3.63) is 35.5 Å². The number of hydrogen-bond acceptors (Lipinski definition) is 4. The minimum Gasteiger partial charge on any atom is -0.458 e. The molecule has 0 bridgehead atoms. The predicted octanol–water partition coefficient (Wildman–Crippen LogP) is 3.16. The Hall–Kier alpha value is -1.39. The highest BCUT2D eigenvalue weighted by Crippen LogP contribution is 2.32. The van der Waals surface area contributed by atoms with Crippen molar-refractivity contribution in [1.29, 1.82) is 0 Å². The summed E-state index contributed by atoms with van der Waals surface area (Å²) in [5.74, 6) is -0.148. The summed E-state index contributed by atoms with van der Waals surface area (Å²) in [6.07, 6.45) is 6.88. The third-order valence-corrected chi connectivity index (χ3v) is 4.27. The fraction of sp³-hybridized carbons (Fsp3) is 0.632. The lowest BCUT2D eigenvalue weighted by Gasteiger charge is -2.30. The van der Waals surface area contributed by atoms with Crippen molar-refractivity contribution in [1.82, 2.24) is 0 Å². The second kappa shape index (κ2) is 9.68. The molecule has 1 aliphatic carbocycles. The van der Waals surface area contributed by atoms with E-state index in [4.69, 9.17) is 9.84 Å². The SMILES string of the molecule is C=C(CC/C=C(\C)CO)C1CC=C(CO)C(OC(=O)C(C)C)C1. The van der Waals surface area contributed by atoms with Gasteiger partial charge in [0.05, 0.1) is 19.1 Å². The molecule has 0 fully saturated rings. The van der Waals surface area contributed by atoms with Crippen molar-refractivity contribution in [2.45, 2.75) is 52.6 Å². The molecule has 1 rings (SSSR count). The van der Waals surface area contributed by atoms with Gasteiger partial charge in [-0.15, -0.1) is 0 Å². The smallest absolute Gasteiger partial charge is 0.308 e. The van der Waals surface area contributed by atoms with Crippen LogP contribution in [-0.2, 0) is 9.53 Å². The summed E-state index contributed by atoms with van der Waals surface area (Å²) in [6, 6.07) is 0. The number of carbonyl (C=O) groups excluding carboxylic acids is 1. The normalized spacial score (nSPS) is 22.0. The van der Waals surface area contributed by atoms with E-state index >= 15 is 0 Å². The molecule has 2 unspecified atom stereocenters. The second-order valence-corrected chi connectivity index (χ2v) is 6.59. The molecule has 0 aromatic heterocycles. The Bertz CT molecular complexity index is 474. The number of hydrogen-bond donors (Lipinski definition) is 2. The highest BCUT2D eigenvalue weighted by molar-refractivity contribution is 5.72. The summed E-state index contributed by atoms with van der Waals surface area (Å²) in [7, 11) is 0. The number of ether oxygens (including phenoxy) is 1. The lowest BCUT2D eigenvalue weighted by Crippen LogP contribution is -2.30. The summed E-state index contributed by atoms with van der Waals surface area (Å²) in [6.45, 7) is 9.70. The Kier molecular flexibility index (Phi) is 8.28. The first kappa shape index (κ1) is 19.7. The van der Waals surface area contributed by atoms with Crippen molar-refractivity contribution in [2.75, 3.05) is 13.2 Å². The maximum Gasteiger partial charge on any atom is 0.308 e. The fourth-order valence-corrected chi connectivity index (χ4v) is 2.60. The van der Waals surface area contributed by atoms with Crippen molar-refractivity contribution >= 4 is 5.97 Å². The molecular weight excluding hydrogens is 292 g/mol. The zero-order chi connectivity index (χ0) is 17.4. The average Bonchev–Trinajstić information content (AvgIpc) is 2.54. The molecule has 1 aliphatic rings. The van der Waals surface area contributed by atoms with Gasteiger partial charge in [-0.1, -0.05) is 43.7 Å². The Morgan fingerprint density at radius 1 is 1.48 bits per heavy atom. The maximum absolute atomic E-state index is 11.8. The largest absolute Gasteiger partial charge is 0.458 e. The molecule has 0 radical (unpaired) electrons. The van der Waals surface area contributed by atoms with Gasteiger partial charge < -0.3 is 14.9 Å². The molecule has 4 nitrogen and oxygen atoms in total. The lowest BCUT2D eigenvalue weighted by atomic mass is 9.81. The van der Waals surface area contributed by atoms with Crippen LogP contribution >= 0.6 is 0 Å². The van der Waals surface area contributed by atoms with Gasteiger partial charge in [-0.2, -0.15) is 0 Å². The van der Waals surface area contributed by atoms with E-state index in [0.717, 1.165) is 36.0 Å². The lowest BCUT2D eigenvalue weighted by molar-refractivity contribution is -0.152. The summed E-state index contributed by atoms with van der Waals surface area (Å²) < 4.78 is 5.54. The van der Waals surface area contributed by atoms with Crippen LogP contribution in [0.25, 0.3) is 0 Å². The van der Waals surface area contributed by atoms with Crippen molar-refractivity contribution in [2.24, 2.45) is 11.8 Å². The van der Waals surface area contributed by atoms with E-state index in [0.29, 0.717) is 6.42 Å². The second-order valence-electron chi connectivity index (χ2n) is 6.59. The predicted molar refractivity (Wildman–Crippen MR) is 91.8 cm³/mol. The van der Waals surface area contributed by atoms with Crippen LogP contribution in [0, 0.1) is 11.8 Å². The van der Waals surface area contributed by atoms with E-state index in [9.17, 15) is 9.90 Å². The first-order valence-electron chi connectivity index (χ1n) is 8.33. The third-order valence-electron chi connectivity index (χ3n) is 4.27. The highest BCUT2D eigenvalue weighted by Gasteiger charge is 2.28. The van der Waals surface area contributed by atoms with Crippen LogP contribution in [0.2, 0.25) is 0 Å². The van der Waals surface area contributed by atoms with Gasteiger partial charge >= 0.3 is 5.97 Å². The molecule has 23 heavy (non-hydrogen) atoms. The Morgan fingerprint density at radius 3 is 2.74 bits per heavy atom. The van der Waals surface area contributed by atoms with Crippen molar-refractivity contribution < 1.29 is 19.7 Å². The van der Waals surface area contributed by atoms with E-state index in [-0.39, 0.29) is 37.1 Å². The molecule has 0 saturated carbocycles. The van der Waals surface area contributed by atoms with Gasteiger partial charge in [-0.3, -0.25) is 4.79 Å². The fourth-order valence-electron chi connectivity index (χ4n) is 2.60. The molecule has 130 valence electrons. The molecule has 0 aromatic rings. The van der Waals surface area contributed by atoms with E-state index in [1.807, 2.05) is 19.1 Å². The number of allylic oxidation sites excluding steroid dienone is 3. The molecule has 2 atom stereocenters. The minimum atomic E-state index is -0.347. The van der Waals surface area contributed by atoms with Crippen LogP contribution < -0.4 is 0 Å². The monoisotopic (exact) mass is 322 g/mol. The van der Waals surface area contributed by atoms with Crippen molar-refractivity contribution in [3.8, 4) is 0 Å². The van der Waals surface area contributed by atoms with Crippen LogP contribution in [0.1, 0.15) is 46.5 Å². The highest BCUT2D eigenvalue weighted by atomic mass is 16.5. The average molecular weight is 322 g/mol. The van der Waals surface area contributed by atoms with Gasteiger partial charge in [-0.25, -0.2) is 0 Å². The van der Waals surface area contributed by atoms with Crippen LogP contribution in [-0.4, -0.2) is 35.5 Å². The Labute approximate surface area is 139 Å². The van der Waals surface area contributed by atoms with Gasteiger partial charge in [0.15, 0.2) is 0 Å². The molecule has 0 heterocycles. The number of aliphatic hydroxyl groups is 2. The Morgan fingerprint density at radius 2 is 2.17 bits per heavy atom. The quantitative estimate of drug-likeness (QED) is 0.532. The van der Waals surface area contributed by atoms with Gasteiger partial charge in [0, 0.05) is 0 Å².